The van der Waals surface area contributed by atoms with Crippen molar-refractivity contribution in [1.82, 2.24) is 5.32 Å². The Hall–Kier alpha value is -2.96. The van der Waals surface area contributed by atoms with Gasteiger partial charge in [0.1, 0.15) is 12.4 Å². The molecule has 0 aliphatic carbocycles. The maximum Gasteiger partial charge on any atom is 0.161 e. The second kappa shape index (κ2) is 12.8. The van der Waals surface area contributed by atoms with E-state index in [1.165, 1.54) is 11.6 Å². The highest BCUT2D eigenvalue weighted by Crippen LogP contribution is 2.29. The lowest BCUT2D eigenvalue weighted by atomic mass is 10.1. The molecule has 0 heterocycles. The number of rotatable bonds is 11. The standard InChI is InChI=1S/C25H28FNO4.ClH/c1-28-22-10-8-18(14-24(22)29-2)12-13-27-16-19-9-11-23(25(15-19)30-3)31-17-20-6-4-5-7-21(20)26;/h4-11,14-15,27H,12-13,16-17H2,1-3H3;1H. The average Bonchev–Trinajstić information content (AvgIpc) is 2.81. The summed E-state index contributed by atoms with van der Waals surface area (Å²) < 4.78 is 35.6. The van der Waals surface area contributed by atoms with Gasteiger partial charge < -0.3 is 24.3 Å². The van der Waals surface area contributed by atoms with Gasteiger partial charge in [0, 0.05) is 12.1 Å². The van der Waals surface area contributed by atoms with Crippen molar-refractivity contribution in [3.63, 3.8) is 0 Å². The van der Waals surface area contributed by atoms with E-state index in [1.807, 2.05) is 36.4 Å². The van der Waals surface area contributed by atoms with E-state index in [-0.39, 0.29) is 24.8 Å². The van der Waals surface area contributed by atoms with E-state index in [1.54, 1.807) is 39.5 Å². The monoisotopic (exact) mass is 461 g/mol. The van der Waals surface area contributed by atoms with Gasteiger partial charge in [-0.3, -0.25) is 0 Å². The van der Waals surface area contributed by atoms with Gasteiger partial charge in [-0.25, -0.2) is 4.39 Å². The molecule has 172 valence electrons. The first-order valence-electron chi connectivity index (χ1n) is 10.1. The smallest absolute Gasteiger partial charge is 0.161 e. The van der Waals surface area contributed by atoms with Gasteiger partial charge in [-0.15, -0.1) is 12.4 Å². The molecular weight excluding hydrogens is 433 g/mol. The lowest BCUT2D eigenvalue weighted by Crippen LogP contribution is -2.16. The molecule has 3 aromatic carbocycles. The molecule has 0 unspecified atom stereocenters. The predicted molar refractivity (Wildman–Crippen MR) is 126 cm³/mol. The molecule has 0 bridgehead atoms. The number of methoxy groups -OCH3 is 3. The molecule has 7 heteroatoms. The fraction of sp³-hybridized carbons (Fsp3) is 0.280. The van der Waals surface area contributed by atoms with Crippen molar-refractivity contribution in [2.75, 3.05) is 27.9 Å². The molecule has 5 nitrogen and oxygen atoms in total. The number of halogens is 2. The van der Waals surface area contributed by atoms with Gasteiger partial charge in [-0.2, -0.15) is 0 Å². The van der Waals surface area contributed by atoms with Crippen molar-refractivity contribution in [2.45, 2.75) is 19.6 Å². The quantitative estimate of drug-likeness (QED) is 0.398. The van der Waals surface area contributed by atoms with Crippen LogP contribution in [-0.4, -0.2) is 27.9 Å². The summed E-state index contributed by atoms with van der Waals surface area (Å²) in [6.45, 7) is 1.65. The highest BCUT2D eigenvalue weighted by atomic mass is 35.5. The normalized spacial score (nSPS) is 10.2. The Bertz CT molecular complexity index is 999. The van der Waals surface area contributed by atoms with Gasteiger partial charge in [-0.05, 0) is 54.4 Å². The van der Waals surface area contributed by atoms with Gasteiger partial charge in [0.25, 0.3) is 0 Å². The van der Waals surface area contributed by atoms with Crippen molar-refractivity contribution in [2.24, 2.45) is 0 Å². The van der Waals surface area contributed by atoms with Gasteiger partial charge in [0.05, 0.1) is 21.3 Å². The van der Waals surface area contributed by atoms with Crippen LogP contribution in [0.25, 0.3) is 0 Å². The third kappa shape index (κ3) is 6.77. The zero-order valence-corrected chi connectivity index (χ0v) is 19.3. The van der Waals surface area contributed by atoms with Crippen molar-refractivity contribution in [1.29, 1.82) is 0 Å². The zero-order valence-electron chi connectivity index (χ0n) is 18.5. The Labute approximate surface area is 194 Å². The van der Waals surface area contributed by atoms with E-state index in [4.69, 9.17) is 18.9 Å². The summed E-state index contributed by atoms with van der Waals surface area (Å²) in [5, 5.41) is 3.43. The molecule has 0 fully saturated rings. The minimum atomic E-state index is -0.281. The molecule has 0 aliphatic heterocycles. The van der Waals surface area contributed by atoms with Gasteiger partial charge in [0.15, 0.2) is 23.0 Å². The first kappa shape index (κ1) is 25.3. The van der Waals surface area contributed by atoms with Crippen LogP contribution < -0.4 is 24.3 Å². The molecule has 0 radical (unpaired) electrons. The Morgan fingerprint density at radius 2 is 1.38 bits per heavy atom. The Balaban J connectivity index is 0.00000363. The molecule has 0 amide bonds. The molecular formula is C25H29ClFNO4. The van der Waals surface area contributed by atoms with E-state index in [2.05, 4.69) is 5.32 Å². The third-order valence-corrected chi connectivity index (χ3v) is 4.94. The second-order valence-electron chi connectivity index (χ2n) is 6.98. The number of hydrogen-bond donors (Lipinski definition) is 1. The van der Waals surface area contributed by atoms with E-state index in [9.17, 15) is 4.39 Å². The summed E-state index contributed by atoms with van der Waals surface area (Å²) in [5.74, 6) is 2.38. The summed E-state index contributed by atoms with van der Waals surface area (Å²) in [5.41, 5.74) is 2.74. The molecule has 3 aromatic rings. The Kier molecular flexibility index (Phi) is 10.1. The second-order valence-corrected chi connectivity index (χ2v) is 6.98. The van der Waals surface area contributed by atoms with Crippen molar-refractivity contribution in [3.8, 4) is 23.0 Å². The topological polar surface area (TPSA) is 49.0 Å². The predicted octanol–water partition coefficient (Wildman–Crippen LogP) is 5.18. The van der Waals surface area contributed by atoms with E-state index < -0.39 is 0 Å². The number of nitrogens with one attached hydrogen (secondary N) is 1. The van der Waals surface area contributed by atoms with Crippen molar-refractivity contribution in [3.05, 3.63) is 83.2 Å². The largest absolute Gasteiger partial charge is 0.493 e. The third-order valence-electron chi connectivity index (χ3n) is 4.94. The van der Waals surface area contributed by atoms with E-state index >= 15 is 0 Å². The number of benzene rings is 3. The van der Waals surface area contributed by atoms with Crippen LogP contribution in [0, 0.1) is 5.82 Å². The van der Waals surface area contributed by atoms with Crippen LogP contribution in [0.2, 0.25) is 0 Å². The molecule has 1 N–H and O–H groups in total. The summed E-state index contributed by atoms with van der Waals surface area (Å²) in [6, 6.07) is 18.3. The fourth-order valence-electron chi connectivity index (χ4n) is 3.21. The van der Waals surface area contributed by atoms with Crippen LogP contribution in [0.3, 0.4) is 0 Å². The highest BCUT2D eigenvalue weighted by Gasteiger charge is 2.09. The molecule has 32 heavy (non-hydrogen) atoms. The average molecular weight is 462 g/mol. The Morgan fingerprint density at radius 3 is 2.09 bits per heavy atom. The maximum atomic E-state index is 13.8. The lowest BCUT2D eigenvalue weighted by Gasteiger charge is -2.13. The maximum absolute atomic E-state index is 13.8. The van der Waals surface area contributed by atoms with Gasteiger partial charge in [0.2, 0.25) is 0 Å². The molecule has 0 saturated heterocycles. The molecule has 0 aromatic heterocycles. The zero-order chi connectivity index (χ0) is 22.1. The van der Waals surface area contributed by atoms with Gasteiger partial charge in [-0.1, -0.05) is 30.3 Å². The summed E-state index contributed by atoms with van der Waals surface area (Å²) in [7, 11) is 4.86. The van der Waals surface area contributed by atoms with E-state index in [0.29, 0.717) is 23.6 Å². The molecule has 3 rings (SSSR count). The van der Waals surface area contributed by atoms with Crippen LogP contribution in [0.15, 0.2) is 60.7 Å². The first-order valence-corrected chi connectivity index (χ1v) is 10.1. The van der Waals surface area contributed by atoms with Crippen LogP contribution in [0.1, 0.15) is 16.7 Å². The fourth-order valence-corrected chi connectivity index (χ4v) is 3.21. The van der Waals surface area contributed by atoms with Crippen LogP contribution >= 0.6 is 12.4 Å². The number of ether oxygens (including phenoxy) is 4. The summed E-state index contributed by atoms with van der Waals surface area (Å²) in [4.78, 5) is 0. The molecule has 0 aliphatic rings. The molecule has 0 atom stereocenters. The van der Waals surface area contributed by atoms with Crippen molar-refractivity contribution < 1.29 is 23.3 Å². The summed E-state index contributed by atoms with van der Waals surface area (Å²) >= 11 is 0. The van der Waals surface area contributed by atoms with Crippen LogP contribution in [0.5, 0.6) is 23.0 Å². The van der Waals surface area contributed by atoms with Crippen molar-refractivity contribution >= 4 is 12.4 Å². The summed E-state index contributed by atoms with van der Waals surface area (Å²) in [6.07, 6.45) is 0.862. The first-order chi connectivity index (χ1) is 15.1. The SMILES string of the molecule is COc1ccc(CCNCc2ccc(OCc3ccccc3F)c(OC)c2)cc1OC.Cl. The number of hydrogen-bond acceptors (Lipinski definition) is 5. The van der Waals surface area contributed by atoms with Crippen LogP contribution in [0.4, 0.5) is 4.39 Å². The molecule has 0 spiro atoms. The lowest BCUT2D eigenvalue weighted by molar-refractivity contribution is 0.279. The highest BCUT2D eigenvalue weighted by molar-refractivity contribution is 5.85. The Morgan fingerprint density at radius 1 is 0.750 bits per heavy atom. The minimum absolute atomic E-state index is 0. The minimum Gasteiger partial charge on any atom is -0.493 e. The van der Waals surface area contributed by atoms with E-state index in [0.717, 1.165) is 30.0 Å². The van der Waals surface area contributed by atoms with Crippen LogP contribution in [-0.2, 0) is 19.6 Å². The van der Waals surface area contributed by atoms with Gasteiger partial charge >= 0.3 is 0 Å². The molecule has 0 saturated carbocycles.